The third kappa shape index (κ3) is 6.65. The number of carbonyl (C=O) groups excluding carboxylic acids is 2. The standard InChI is InChI=1S/C27H32FN5O5S2/c1-18-24(25(34)31-40(36,37)32(2)3)30-23(39-18)17-33(14-6-8-19-7-5-9-20(28)15-19)26(35)27(12-13-27)22-11-10-21(38-4)16-29-22/h5,7,9-11,15-16H,6,8,12-14,17H2,1-4H3,(H,31,34). The maximum Gasteiger partial charge on any atom is 0.303 e. The normalized spacial score (nSPS) is 14.2. The second kappa shape index (κ2) is 12.0. The van der Waals surface area contributed by atoms with Crippen molar-refractivity contribution in [3.05, 3.63) is 75.2 Å². The Hall–Kier alpha value is -3.42. The molecule has 0 bridgehead atoms. The first kappa shape index (κ1) is 29.6. The lowest BCUT2D eigenvalue weighted by atomic mass is 9.99. The van der Waals surface area contributed by atoms with Crippen LogP contribution in [0.3, 0.4) is 0 Å². The average Bonchev–Trinajstić information content (AvgIpc) is 3.64. The number of thiazole rings is 1. The van der Waals surface area contributed by atoms with E-state index >= 15 is 0 Å². The van der Waals surface area contributed by atoms with Gasteiger partial charge in [-0.2, -0.15) is 12.7 Å². The first-order valence-corrected chi connectivity index (χ1v) is 15.0. The van der Waals surface area contributed by atoms with E-state index in [1.54, 1.807) is 43.3 Å². The van der Waals surface area contributed by atoms with Crippen LogP contribution in [-0.4, -0.2) is 67.2 Å². The number of hydrogen-bond acceptors (Lipinski definition) is 8. The number of methoxy groups -OCH3 is 1. The molecular formula is C27H32FN5O5S2. The lowest BCUT2D eigenvalue weighted by Crippen LogP contribution is -2.40. The summed E-state index contributed by atoms with van der Waals surface area (Å²) < 4.78 is 46.0. The number of pyridine rings is 1. The molecule has 214 valence electrons. The molecule has 0 atom stereocenters. The number of halogens is 1. The summed E-state index contributed by atoms with van der Waals surface area (Å²) in [7, 11) is 0.191. The van der Waals surface area contributed by atoms with Crippen molar-refractivity contribution in [3.8, 4) is 5.75 Å². The molecule has 1 saturated carbocycles. The molecule has 2 heterocycles. The van der Waals surface area contributed by atoms with Gasteiger partial charge in [0.1, 0.15) is 22.3 Å². The summed E-state index contributed by atoms with van der Waals surface area (Å²) >= 11 is 1.23. The first-order chi connectivity index (χ1) is 18.9. The predicted octanol–water partition coefficient (Wildman–Crippen LogP) is 3.22. The van der Waals surface area contributed by atoms with Gasteiger partial charge in [0, 0.05) is 25.5 Å². The molecule has 3 aromatic rings. The second-order valence-corrected chi connectivity index (χ2v) is 13.0. The van der Waals surface area contributed by atoms with Crippen LogP contribution >= 0.6 is 11.3 Å². The van der Waals surface area contributed by atoms with Crippen molar-refractivity contribution >= 4 is 33.4 Å². The van der Waals surface area contributed by atoms with Gasteiger partial charge in [0.2, 0.25) is 5.91 Å². The lowest BCUT2D eigenvalue weighted by molar-refractivity contribution is -0.134. The van der Waals surface area contributed by atoms with Crippen molar-refractivity contribution in [1.29, 1.82) is 0 Å². The van der Waals surface area contributed by atoms with E-state index in [-0.39, 0.29) is 24.0 Å². The number of benzene rings is 1. The second-order valence-electron chi connectivity index (χ2n) is 9.86. The van der Waals surface area contributed by atoms with Crippen molar-refractivity contribution < 1.29 is 27.1 Å². The van der Waals surface area contributed by atoms with Crippen LogP contribution in [0.5, 0.6) is 5.75 Å². The molecule has 0 aliphatic heterocycles. The van der Waals surface area contributed by atoms with E-state index in [4.69, 9.17) is 4.74 Å². The molecule has 1 aliphatic carbocycles. The zero-order valence-corrected chi connectivity index (χ0v) is 24.4. The van der Waals surface area contributed by atoms with Gasteiger partial charge in [-0.25, -0.2) is 14.1 Å². The summed E-state index contributed by atoms with van der Waals surface area (Å²) in [4.78, 5) is 37.8. The molecule has 2 aromatic heterocycles. The Labute approximate surface area is 237 Å². The molecular weight excluding hydrogens is 557 g/mol. The molecule has 0 spiro atoms. The summed E-state index contributed by atoms with van der Waals surface area (Å²) in [6.07, 6.45) is 4.05. The Bertz CT molecular complexity index is 1490. The monoisotopic (exact) mass is 589 g/mol. The van der Waals surface area contributed by atoms with Crippen molar-refractivity contribution in [2.75, 3.05) is 27.7 Å². The number of hydrogen-bond donors (Lipinski definition) is 1. The molecule has 1 N–H and O–H groups in total. The summed E-state index contributed by atoms with van der Waals surface area (Å²) in [5.41, 5.74) is 0.738. The summed E-state index contributed by atoms with van der Waals surface area (Å²) in [5.74, 6) is -0.648. The highest BCUT2D eigenvalue weighted by molar-refractivity contribution is 7.87. The van der Waals surface area contributed by atoms with Gasteiger partial charge < -0.3 is 9.64 Å². The van der Waals surface area contributed by atoms with E-state index in [2.05, 4.69) is 9.97 Å². The van der Waals surface area contributed by atoms with Crippen LogP contribution in [0.25, 0.3) is 0 Å². The van der Waals surface area contributed by atoms with E-state index in [0.717, 1.165) is 9.87 Å². The zero-order valence-electron chi connectivity index (χ0n) is 22.8. The van der Waals surface area contributed by atoms with Crippen LogP contribution < -0.4 is 9.46 Å². The predicted molar refractivity (Wildman–Crippen MR) is 149 cm³/mol. The number of amides is 2. The summed E-state index contributed by atoms with van der Waals surface area (Å²) in [5, 5.41) is 0.502. The van der Waals surface area contributed by atoms with Gasteiger partial charge >= 0.3 is 10.2 Å². The van der Waals surface area contributed by atoms with Crippen LogP contribution in [0.15, 0.2) is 42.6 Å². The maximum atomic E-state index is 14.0. The highest BCUT2D eigenvalue weighted by Crippen LogP contribution is 2.49. The maximum absolute atomic E-state index is 14.0. The van der Waals surface area contributed by atoms with Gasteiger partial charge in [-0.15, -0.1) is 11.3 Å². The Balaban J connectivity index is 1.56. The summed E-state index contributed by atoms with van der Waals surface area (Å²) in [6.45, 7) is 2.19. The Kier molecular flexibility index (Phi) is 8.86. The largest absolute Gasteiger partial charge is 0.495 e. The van der Waals surface area contributed by atoms with Gasteiger partial charge in [0.25, 0.3) is 5.91 Å². The number of aryl methyl sites for hydroxylation is 2. The highest BCUT2D eigenvalue weighted by atomic mass is 32.2. The number of aromatic nitrogens is 2. The minimum absolute atomic E-state index is 0.00413. The Morgan fingerprint density at radius 3 is 2.55 bits per heavy atom. The van der Waals surface area contributed by atoms with E-state index in [1.807, 2.05) is 10.8 Å². The molecule has 1 aliphatic rings. The Morgan fingerprint density at radius 1 is 1.20 bits per heavy atom. The number of rotatable bonds is 12. The number of ether oxygens (including phenoxy) is 1. The minimum atomic E-state index is -3.99. The number of nitrogens with zero attached hydrogens (tertiary/aromatic N) is 4. The fraction of sp³-hybridized carbons (Fsp3) is 0.407. The van der Waals surface area contributed by atoms with Crippen LogP contribution in [0.4, 0.5) is 4.39 Å². The van der Waals surface area contributed by atoms with Crippen molar-refractivity contribution in [1.82, 2.24) is 23.9 Å². The van der Waals surface area contributed by atoms with Gasteiger partial charge in [-0.1, -0.05) is 12.1 Å². The third-order valence-electron chi connectivity index (χ3n) is 6.78. The lowest BCUT2D eigenvalue weighted by Gasteiger charge is -2.27. The van der Waals surface area contributed by atoms with Crippen molar-refractivity contribution in [3.63, 3.8) is 0 Å². The fourth-order valence-electron chi connectivity index (χ4n) is 4.36. The smallest absolute Gasteiger partial charge is 0.303 e. The molecule has 4 rings (SSSR count). The average molecular weight is 590 g/mol. The van der Waals surface area contributed by atoms with Crippen molar-refractivity contribution in [2.24, 2.45) is 0 Å². The number of carbonyl (C=O) groups is 2. The van der Waals surface area contributed by atoms with Gasteiger partial charge in [-0.05, 0) is 62.4 Å². The van der Waals surface area contributed by atoms with E-state index in [1.165, 1.54) is 37.6 Å². The molecule has 2 amide bonds. The van der Waals surface area contributed by atoms with Gasteiger partial charge in [0.15, 0.2) is 0 Å². The highest BCUT2D eigenvalue weighted by Gasteiger charge is 2.54. The summed E-state index contributed by atoms with van der Waals surface area (Å²) in [6, 6.07) is 9.95. The minimum Gasteiger partial charge on any atom is -0.495 e. The Morgan fingerprint density at radius 2 is 1.95 bits per heavy atom. The molecule has 0 radical (unpaired) electrons. The van der Waals surface area contributed by atoms with Crippen LogP contribution in [-0.2, 0) is 33.4 Å². The van der Waals surface area contributed by atoms with Crippen LogP contribution in [0.2, 0.25) is 0 Å². The molecule has 13 heteroatoms. The molecule has 1 aromatic carbocycles. The van der Waals surface area contributed by atoms with E-state index < -0.39 is 21.5 Å². The van der Waals surface area contributed by atoms with Crippen LogP contribution in [0.1, 0.15) is 50.9 Å². The molecule has 40 heavy (non-hydrogen) atoms. The molecule has 0 saturated heterocycles. The van der Waals surface area contributed by atoms with Gasteiger partial charge in [-0.3, -0.25) is 14.6 Å². The van der Waals surface area contributed by atoms with E-state index in [9.17, 15) is 22.4 Å². The van der Waals surface area contributed by atoms with E-state index in [0.29, 0.717) is 53.6 Å². The molecule has 10 nitrogen and oxygen atoms in total. The zero-order chi connectivity index (χ0) is 29.1. The van der Waals surface area contributed by atoms with Crippen molar-refractivity contribution in [2.45, 2.75) is 44.6 Å². The fourth-order valence-corrected chi connectivity index (χ4v) is 5.82. The number of nitrogens with one attached hydrogen (secondary N) is 1. The van der Waals surface area contributed by atoms with Crippen LogP contribution in [0, 0.1) is 12.7 Å². The first-order valence-electron chi connectivity index (χ1n) is 12.7. The molecule has 1 fully saturated rings. The SMILES string of the molecule is COc1ccc(C2(C(=O)N(CCCc3cccc(F)c3)Cc3nc(C(=O)NS(=O)(=O)N(C)C)c(C)s3)CC2)nc1. The quantitative estimate of drug-likeness (QED) is 0.344. The van der Waals surface area contributed by atoms with Gasteiger partial charge in [0.05, 0.1) is 31.0 Å². The topological polar surface area (TPSA) is 122 Å². The molecule has 0 unspecified atom stereocenters. The third-order valence-corrected chi connectivity index (χ3v) is 9.14.